The van der Waals surface area contributed by atoms with Gasteiger partial charge in [-0.2, -0.15) is 0 Å². The first-order valence-corrected chi connectivity index (χ1v) is 15.9. The Morgan fingerprint density at radius 1 is 0.829 bits per heavy atom. The second kappa shape index (κ2) is 15.8. The van der Waals surface area contributed by atoms with Gasteiger partial charge in [0, 0.05) is 50.5 Å². The normalized spacial score (nSPS) is 14.4. The molecule has 1 heterocycles. The Morgan fingerprint density at radius 2 is 1.46 bits per heavy atom. The summed E-state index contributed by atoms with van der Waals surface area (Å²) in [6.45, 7) is 11.7. The van der Waals surface area contributed by atoms with Crippen LogP contribution in [-0.2, 0) is 19.5 Å². The van der Waals surface area contributed by atoms with E-state index in [-0.39, 0.29) is 11.9 Å². The number of carbonyl (C=O) groups is 1. The number of aryl methyl sites for hydroxylation is 1. The third kappa shape index (κ3) is 9.46. The average Bonchev–Trinajstić information content (AvgIpc) is 3.00. The van der Waals surface area contributed by atoms with Gasteiger partial charge in [-0.1, -0.05) is 88.2 Å². The molecule has 1 aliphatic rings. The Labute approximate surface area is 249 Å². The van der Waals surface area contributed by atoms with E-state index < -0.39 is 0 Å². The minimum Gasteiger partial charge on any atom is -0.370 e. The Morgan fingerprint density at radius 3 is 2.10 bits per heavy atom. The van der Waals surface area contributed by atoms with Crippen molar-refractivity contribution in [1.82, 2.24) is 9.80 Å². The molecule has 3 aromatic rings. The van der Waals surface area contributed by atoms with E-state index in [1.807, 2.05) is 0 Å². The second-order valence-corrected chi connectivity index (χ2v) is 12.4. The van der Waals surface area contributed by atoms with Crippen LogP contribution >= 0.6 is 0 Å². The standard InChI is InChI=1S/C37H51N3O/c1-5-6-8-11-31-14-18-34(19-15-31)37(41)40(36-23-26-39(27-24-36)25-22-30(2)3)29-33-16-20-35(21-17-33)38(4)28-32-12-9-7-10-13-32/h7,9-10,12-21,30,36H,5-6,8,11,22-29H2,1-4H3. The van der Waals surface area contributed by atoms with Crippen LogP contribution in [0.3, 0.4) is 0 Å². The molecule has 1 amide bonds. The van der Waals surface area contributed by atoms with Gasteiger partial charge in [-0.3, -0.25) is 4.79 Å². The van der Waals surface area contributed by atoms with Crippen LogP contribution in [0.4, 0.5) is 5.69 Å². The zero-order valence-electron chi connectivity index (χ0n) is 25.9. The van der Waals surface area contributed by atoms with E-state index in [1.54, 1.807) is 0 Å². The van der Waals surface area contributed by atoms with Gasteiger partial charge in [0.15, 0.2) is 0 Å². The van der Waals surface area contributed by atoms with Gasteiger partial charge in [0.25, 0.3) is 5.91 Å². The minimum absolute atomic E-state index is 0.163. The molecule has 0 spiro atoms. The molecule has 0 radical (unpaired) electrons. The molecule has 4 rings (SSSR count). The van der Waals surface area contributed by atoms with Crippen molar-refractivity contribution in [3.8, 4) is 0 Å². The second-order valence-electron chi connectivity index (χ2n) is 12.4. The van der Waals surface area contributed by atoms with Crippen LogP contribution in [0.1, 0.15) is 86.3 Å². The third-order valence-corrected chi connectivity index (χ3v) is 8.54. The lowest BCUT2D eigenvalue weighted by atomic mass is 9.99. The molecule has 3 aromatic carbocycles. The number of nitrogens with zero attached hydrogens (tertiary/aromatic N) is 3. The van der Waals surface area contributed by atoms with Gasteiger partial charge in [-0.25, -0.2) is 0 Å². The lowest BCUT2D eigenvalue weighted by Crippen LogP contribution is -2.47. The third-order valence-electron chi connectivity index (χ3n) is 8.54. The number of benzene rings is 3. The minimum atomic E-state index is 0.163. The fourth-order valence-electron chi connectivity index (χ4n) is 5.82. The van der Waals surface area contributed by atoms with Crippen molar-refractivity contribution in [2.45, 2.75) is 84.8 Å². The van der Waals surface area contributed by atoms with E-state index in [9.17, 15) is 4.79 Å². The van der Waals surface area contributed by atoms with Crippen molar-refractivity contribution in [3.63, 3.8) is 0 Å². The molecule has 0 aliphatic carbocycles. The summed E-state index contributed by atoms with van der Waals surface area (Å²) < 4.78 is 0. The molecule has 0 atom stereocenters. The van der Waals surface area contributed by atoms with E-state index in [1.165, 1.54) is 48.1 Å². The lowest BCUT2D eigenvalue weighted by molar-refractivity contribution is 0.0546. The Hall–Kier alpha value is -3.11. The monoisotopic (exact) mass is 553 g/mol. The molecule has 220 valence electrons. The van der Waals surface area contributed by atoms with Crippen LogP contribution in [0.5, 0.6) is 0 Å². The topological polar surface area (TPSA) is 26.8 Å². The molecule has 0 N–H and O–H groups in total. The van der Waals surface area contributed by atoms with E-state index in [0.29, 0.717) is 6.54 Å². The SMILES string of the molecule is CCCCCc1ccc(C(=O)N(Cc2ccc(N(C)Cc3ccccc3)cc2)C2CCN(CCC(C)C)CC2)cc1. The van der Waals surface area contributed by atoms with Gasteiger partial charge in [0.2, 0.25) is 0 Å². The predicted molar refractivity (Wildman–Crippen MR) is 173 cm³/mol. The fourth-order valence-corrected chi connectivity index (χ4v) is 5.82. The molecule has 1 fully saturated rings. The summed E-state index contributed by atoms with van der Waals surface area (Å²) in [5.74, 6) is 0.890. The summed E-state index contributed by atoms with van der Waals surface area (Å²) in [4.78, 5) is 21.0. The lowest BCUT2D eigenvalue weighted by Gasteiger charge is -2.39. The van der Waals surface area contributed by atoms with Crippen LogP contribution in [0.15, 0.2) is 78.9 Å². The largest absolute Gasteiger partial charge is 0.370 e. The first-order chi connectivity index (χ1) is 19.9. The van der Waals surface area contributed by atoms with Gasteiger partial charge >= 0.3 is 0 Å². The summed E-state index contributed by atoms with van der Waals surface area (Å²) >= 11 is 0. The molecule has 1 saturated heterocycles. The zero-order valence-corrected chi connectivity index (χ0v) is 25.9. The molecular formula is C37H51N3O. The number of rotatable bonds is 14. The molecule has 41 heavy (non-hydrogen) atoms. The summed E-state index contributed by atoms with van der Waals surface area (Å²) in [7, 11) is 2.14. The van der Waals surface area contributed by atoms with E-state index in [2.05, 4.69) is 121 Å². The van der Waals surface area contributed by atoms with Crippen molar-refractivity contribution >= 4 is 11.6 Å². The number of hydrogen-bond acceptors (Lipinski definition) is 3. The molecule has 0 aromatic heterocycles. The highest BCUT2D eigenvalue weighted by atomic mass is 16.2. The van der Waals surface area contributed by atoms with Gasteiger partial charge in [0.05, 0.1) is 0 Å². The Bertz CT molecular complexity index is 1170. The molecule has 0 bridgehead atoms. The summed E-state index contributed by atoms with van der Waals surface area (Å²) in [5, 5.41) is 0. The van der Waals surface area contributed by atoms with Crippen molar-refractivity contribution in [2.75, 3.05) is 31.6 Å². The molecule has 4 nitrogen and oxygen atoms in total. The number of anilines is 1. The van der Waals surface area contributed by atoms with Crippen LogP contribution in [0.2, 0.25) is 0 Å². The summed E-state index contributed by atoms with van der Waals surface area (Å²) in [6, 6.07) is 28.1. The number of hydrogen-bond donors (Lipinski definition) is 0. The van der Waals surface area contributed by atoms with E-state index in [4.69, 9.17) is 0 Å². The van der Waals surface area contributed by atoms with Crippen molar-refractivity contribution in [3.05, 3.63) is 101 Å². The maximum atomic E-state index is 14.0. The van der Waals surface area contributed by atoms with Gasteiger partial charge in [-0.05, 0) is 85.5 Å². The maximum Gasteiger partial charge on any atom is 0.254 e. The molecule has 1 aliphatic heterocycles. The van der Waals surface area contributed by atoms with E-state index in [0.717, 1.165) is 56.9 Å². The van der Waals surface area contributed by atoms with Crippen molar-refractivity contribution in [1.29, 1.82) is 0 Å². The Kier molecular flexibility index (Phi) is 11.9. The number of likely N-dealkylation sites (tertiary alicyclic amines) is 1. The van der Waals surface area contributed by atoms with Crippen LogP contribution in [0, 0.1) is 5.92 Å². The summed E-state index contributed by atoms with van der Waals surface area (Å²) in [6.07, 6.45) is 8.10. The van der Waals surface area contributed by atoms with Gasteiger partial charge < -0.3 is 14.7 Å². The highest BCUT2D eigenvalue weighted by Gasteiger charge is 2.29. The Balaban J connectivity index is 1.45. The zero-order chi connectivity index (χ0) is 29.0. The van der Waals surface area contributed by atoms with Crippen molar-refractivity contribution < 1.29 is 4.79 Å². The van der Waals surface area contributed by atoms with Crippen LogP contribution in [0.25, 0.3) is 0 Å². The van der Waals surface area contributed by atoms with Crippen LogP contribution in [-0.4, -0.2) is 48.4 Å². The quantitative estimate of drug-likeness (QED) is 0.188. The molecular weight excluding hydrogens is 502 g/mol. The number of unbranched alkanes of at least 4 members (excludes halogenated alkanes) is 2. The van der Waals surface area contributed by atoms with Gasteiger partial charge in [-0.15, -0.1) is 0 Å². The predicted octanol–water partition coefficient (Wildman–Crippen LogP) is 8.21. The fraction of sp³-hybridized carbons (Fsp3) is 0.486. The average molecular weight is 554 g/mol. The van der Waals surface area contributed by atoms with Crippen molar-refractivity contribution in [2.24, 2.45) is 5.92 Å². The van der Waals surface area contributed by atoms with E-state index >= 15 is 0 Å². The van der Waals surface area contributed by atoms with Gasteiger partial charge in [0.1, 0.15) is 0 Å². The number of carbonyl (C=O) groups excluding carboxylic acids is 1. The summed E-state index contributed by atoms with van der Waals surface area (Å²) in [5.41, 5.74) is 5.81. The molecule has 0 unspecified atom stereocenters. The number of amides is 1. The molecule has 0 saturated carbocycles. The first kappa shape index (κ1) is 30.8. The first-order valence-electron chi connectivity index (χ1n) is 15.9. The van der Waals surface area contributed by atoms with Crippen LogP contribution < -0.4 is 4.90 Å². The maximum absolute atomic E-state index is 14.0. The number of piperidine rings is 1. The highest BCUT2D eigenvalue weighted by Crippen LogP contribution is 2.24. The smallest absolute Gasteiger partial charge is 0.254 e. The highest BCUT2D eigenvalue weighted by molar-refractivity contribution is 5.94. The molecule has 4 heteroatoms.